The topological polar surface area (TPSA) is 80.2 Å². The Bertz CT molecular complexity index is 1190. The van der Waals surface area contributed by atoms with Gasteiger partial charge in [0.05, 0.1) is 15.2 Å². The van der Waals surface area contributed by atoms with Crippen LogP contribution in [0, 0.1) is 6.92 Å². The maximum absolute atomic E-state index is 13.1. The Hall–Kier alpha value is -2.58. The second-order valence-corrected chi connectivity index (χ2v) is 10.3. The SMILES string of the molecule is Cc1nc(C(=O)N2CC3c4cc(-c5cccnc5)ccc4S(=O)(=O)C3C2)cs1. The monoisotopic (exact) mass is 411 g/mol. The Morgan fingerprint density at radius 3 is 2.79 bits per heavy atom. The minimum Gasteiger partial charge on any atom is -0.335 e. The molecule has 28 heavy (non-hydrogen) atoms. The van der Waals surface area contributed by atoms with Gasteiger partial charge in [0.15, 0.2) is 9.84 Å². The van der Waals surface area contributed by atoms with E-state index < -0.39 is 15.1 Å². The van der Waals surface area contributed by atoms with Crippen molar-refractivity contribution in [2.45, 2.75) is 23.0 Å². The van der Waals surface area contributed by atoms with E-state index in [-0.39, 0.29) is 18.4 Å². The quantitative estimate of drug-likeness (QED) is 0.648. The highest BCUT2D eigenvalue weighted by Crippen LogP contribution is 2.46. The molecule has 1 amide bonds. The highest BCUT2D eigenvalue weighted by Gasteiger charge is 2.51. The van der Waals surface area contributed by atoms with Gasteiger partial charge in [-0.05, 0) is 41.8 Å². The lowest BCUT2D eigenvalue weighted by molar-refractivity contribution is 0.0785. The number of pyridine rings is 1. The molecule has 0 saturated carbocycles. The molecule has 2 unspecified atom stereocenters. The van der Waals surface area contributed by atoms with Crippen LogP contribution in [0.5, 0.6) is 0 Å². The van der Waals surface area contributed by atoms with Crippen molar-refractivity contribution in [1.29, 1.82) is 0 Å². The van der Waals surface area contributed by atoms with Gasteiger partial charge >= 0.3 is 0 Å². The van der Waals surface area contributed by atoms with Gasteiger partial charge in [-0.15, -0.1) is 11.3 Å². The van der Waals surface area contributed by atoms with E-state index in [1.165, 1.54) is 11.3 Å². The molecule has 1 fully saturated rings. The van der Waals surface area contributed by atoms with Crippen LogP contribution in [-0.2, 0) is 9.84 Å². The number of thiazole rings is 1. The van der Waals surface area contributed by atoms with Crippen LogP contribution in [-0.4, -0.2) is 47.5 Å². The van der Waals surface area contributed by atoms with Crippen LogP contribution in [0.15, 0.2) is 53.0 Å². The van der Waals surface area contributed by atoms with E-state index >= 15 is 0 Å². The van der Waals surface area contributed by atoms with Crippen molar-refractivity contribution < 1.29 is 13.2 Å². The molecule has 8 heteroatoms. The number of likely N-dealkylation sites (tertiary alicyclic amines) is 1. The molecule has 1 aromatic carbocycles. The van der Waals surface area contributed by atoms with Gasteiger partial charge in [0.25, 0.3) is 5.91 Å². The molecule has 0 radical (unpaired) electrons. The Morgan fingerprint density at radius 2 is 2.07 bits per heavy atom. The number of benzene rings is 1. The smallest absolute Gasteiger partial charge is 0.273 e. The number of aryl methyl sites for hydroxylation is 1. The van der Waals surface area contributed by atoms with Gasteiger partial charge in [-0.3, -0.25) is 9.78 Å². The summed E-state index contributed by atoms with van der Waals surface area (Å²) in [5.74, 6) is -0.404. The van der Waals surface area contributed by atoms with Crippen LogP contribution < -0.4 is 0 Å². The molecule has 5 rings (SSSR count). The number of fused-ring (bicyclic) bond motifs is 3. The summed E-state index contributed by atoms with van der Waals surface area (Å²) in [6.45, 7) is 2.45. The molecule has 0 aliphatic carbocycles. The zero-order valence-electron chi connectivity index (χ0n) is 15.1. The number of hydrogen-bond donors (Lipinski definition) is 0. The average molecular weight is 412 g/mol. The van der Waals surface area contributed by atoms with Crippen LogP contribution in [0.25, 0.3) is 11.1 Å². The summed E-state index contributed by atoms with van der Waals surface area (Å²) in [6, 6.07) is 9.27. The first-order valence-electron chi connectivity index (χ1n) is 8.95. The summed E-state index contributed by atoms with van der Waals surface area (Å²) in [5.41, 5.74) is 3.07. The van der Waals surface area contributed by atoms with E-state index in [0.29, 0.717) is 17.1 Å². The molecule has 3 aromatic rings. The molecule has 2 atom stereocenters. The van der Waals surface area contributed by atoms with Crippen molar-refractivity contribution in [2.75, 3.05) is 13.1 Å². The number of nitrogens with zero attached hydrogens (tertiary/aromatic N) is 3. The van der Waals surface area contributed by atoms with Gasteiger partial charge < -0.3 is 4.90 Å². The van der Waals surface area contributed by atoms with Crippen LogP contribution >= 0.6 is 11.3 Å². The standard InChI is InChI=1S/C20H17N3O3S2/c1-12-22-17(11-27-12)20(24)23-9-16-15-7-13(14-3-2-6-21-8-14)4-5-18(15)28(25,26)19(16)10-23/h2-8,11,16,19H,9-10H2,1H3. The van der Waals surface area contributed by atoms with E-state index in [9.17, 15) is 13.2 Å². The first-order valence-corrected chi connectivity index (χ1v) is 11.4. The number of hydrogen-bond acceptors (Lipinski definition) is 6. The second kappa shape index (κ2) is 6.22. The Labute approximate surface area is 166 Å². The number of sulfone groups is 1. The summed E-state index contributed by atoms with van der Waals surface area (Å²) in [6.07, 6.45) is 3.47. The number of carbonyl (C=O) groups excluding carboxylic acids is 1. The van der Waals surface area contributed by atoms with Crippen molar-refractivity contribution in [3.05, 3.63) is 64.4 Å². The van der Waals surface area contributed by atoms with E-state index in [1.54, 1.807) is 28.7 Å². The number of carbonyl (C=O) groups is 1. The van der Waals surface area contributed by atoms with Crippen LogP contribution in [0.3, 0.4) is 0 Å². The molecule has 2 aromatic heterocycles. The number of rotatable bonds is 2. The Morgan fingerprint density at radius 1 is 1.21 bits per heavy atom. The third kappa shape index (κ3) is 2.59. The predicted molar refractivity (Wildman–Crippen MR) is 106 cm³/mol. The minimum atomic E-state index is -3.45. The van der Waals surface area contributed by atoms with Crippen LogP contribution in [0.1, 0.15) is 27.0 Å². The largest absolute Gasteiger partial charge is 0.335 e. The van der Waals surface area contributed by atoms with Crippen molar-refractivity contribution >= 4 is 27.1 Å². The zero-order valence-corrected chi connectivity index (χ0v) is 16.7. The Balaban J connectivity index is 1.52. The highest BCUT2D eigenvalue weighted by atomic mass is 32.2. The summed E-state index contributed by atoms with van der Waals surface area (Å²) in [7, 11) is -3.45. The van der Waals surface area contributed by atoms with Crippen molar-refractivity contribution in [2.24, 2.45) is 0 Å². The van der Waals surface area contributed by atoms with Gasteiger partial charge in [0.2, 0.25) is 0 Å². The first kappa shape index (κ1) is 17.5. The van der Waals surface area contributed by atoms with Gasteiger partial charge in [0.1, 0.15) is 5.69 Å². The lowest BCUT2D eigenvalue weighted by atomic mass is 9.95. The fraction of sp³-hybridized carbons (Fsp3) is 0.250. The van der Waals surface area contributed by atoms with E-state index in [0.717, 1.165) is 21.7 Å². The molecule has 0 bridgehead atoms. The van der Waals surface area contributed by atoms with E-state index in [1.807, 2.05) is 31.2 Å². The average Bonchev–Trinajstić information content (AvgIpc) is 3.38. The molecule has 2 aliphatic heterocycles. The maximum Gasteiger partial charge on any atom is 0.273 e. The Kier molecular flexibility index (Phi) is 3.89. The van der Waals surface area contributed by atoms with Gasteiger partial charge in [-0.2, -0.15) is 0 Å². The normalized spacial score (nSPS) is 22.1. The summed E-state index contributed by atoms with van der Waals surface area (Å²) >= 11 is 1.42. The number of amides is 1. The summed E-state index contributed by atoms with van der Waals surface area (Å²) in [5, 5.41) is 1.96. The molecule has 2 aliphatic rings. The first-order chi connectivity index (χ1) is 13.4. The second-order valence-electron chi connectivity index (χ2n) is 7.15. The third-order valence-electron chi connectivity index (χ3n) is 5.50. The molecule has 1 saturated heterocycles. The molecule has 4 heterocycles. The predicted octanol–water partition coefficient (Wildman–Crippen LogP) is 2.91. The van der Waals surface area contributed by atoms with Crippen molar-refractivity contribution in [1.82, 2.24) is 14.9 Å². The third-order valence-corrected chi connectivity index (χ3v) is 8.53. The van der Waals surface area contributed by atoms with Crippen LogP contribution in [0.2, 0.25) is 0 Å². The molecule has 0 spiro atoms. The maximum atomic E-state index is 13.1. The fourth-order valence-electron chi connectivity index (χ4n) is 4.15. The minimum absolute atomic E-state index is 0.195. The summed E-state index contributed by atoms with van der Waals surface area (Å²) < 4.78 is 26.1. The lowest BCUT2D eigenvalue weighted by Gasteiger charge is -2.17. The highest BCUT2D eigenvalue weighted by molar-refractivity contribution is 7.92. The van der Waals surface area contributed by atoms with Crippen molar-refractivity contribution in [3.8, 4) is 11.1 Å². The van der Waals surface area contributed by atoms with Gasteiger partial charge in [-0.25, -0.2) is 13.4 Å². The number of aromatic nitrogens is 2. The molecule has 142 valence electrons. The molecule has 6 nitrogen and oxygen atoms in total. The molecular weight excluding hydrogens is 394 g/mol. The van der Waals surface area contributed by atoms with Crippen LogP contribution in [0.4, 0.5) is 0 Å². The molecule has 0 N–H and O–H groups in total. The summed E-state index contributed by atoms with van der Waals surface area (Å²) in [4.78, 5) is 23.2. The van der Waals surface area contributed by atoms with Gasteiger partial charge in [0, 0.05) is 36.8 Å². The van der Waals surface area contributed by atoms with E-state index in [4.69, 9.17) is 0 Å². The van der Waals surface area contributed by atoms with E-state index in [2.05, 4.69) is 9.97 Å². The lowest BCUT2D eigenvalue weighted by Crippen LogP contribution is -2.31. The molecular formula is C20H17N3O3S2. The van der Waals surface area contributed by atoms with Gasteiger partial charge in [-0.1, -0.05) is 12.1 Å². The van der Waals surface area contributed by atoms with Crippen molar-refractivity contribution in [3.63, 3.8) is 0 Å². The zero-order chi connectivity index (χ0) is 19.5. The fourth-order valence-corrected chi connectivity index (χ4v) is 6.90.